The van der Waals surface area contributed by atoms with Gasteiger partial charge in [-0.05, 0) is 47.9 Å². The molecule has 156 valence electrons. The Kier molecular flexibility index (Phi) is 4.01. The predicted molar refractivity (Wildman–Crippen MR) is 139 cm³/mol. The maximum atomic E-state index is 6.35. The van der Waals surface area contributed by atoms with Gasteiger partial charge in [-0.2, -0.15) is 4.98 Å². The molecule has 3 nitrogen and oxygen atoms in total. The Hall–Kier alpha value is -4.15. The Morgan fingerprint density at radius 3 is 2.27 bits per heavy atom. The molecule has 0 spiro atoms. The molecule has 0 saturated heterocycles. The van der Waals surface area contributed by atoms with Crippen molar-refractivity contribution in [3.63, 3.8) is 0 Å². The van der Waals surface area contributed by atoms with E-state index in [1.54, 1.807) is 0 Å². The zero-order valence-electron chi connectivity index (χ0n) is 17.6. The zero-order valence-corrected chi connectivity index (χ0v) is 18.4. The molecule has 0 aliphatic heterocycles. The van der Waals surface area contributed by atoms with Gasteiger partial charge in [-0.1, -0.05) is 66.7 Å². The average molecular weight is 443 g/mol. The number of rotatable bonds is 3. The minimum absolute atomic E-state index is 0.562. The second-order valence-electron chi connectivity index (χ2n) is 8.08. The van der Waals surface area contributed by atoms with Crippen LogP contribution < -0.4 is 4.90 Å². The van der Waals surface area contributed by atoms with Crippen LogP contribution in [0.15, 0.2) is 114 Å². The van der Waals surface area contributed by atoms with E-state index in [-0.39, 0.29) is 0 Å². The summed E-state index contributed by atoms with van der Waals surface area (Å²) >= 11 is 1.82. The van der Waals surface area contributed by atoms with Gasteiger partial charge in [-0.3, -0.25) is 4.90 Å². The summed E-state index contributed by atoms with van der Waals surface area (Å²) in [6, 6.07) is 38.4. The van der Waals surface area contributed by atoms with Gasteiger partial charge >= 0.3 is 6.01 Å². The van der Waals surface area contributed by atoms with E-state index in [4.69, 9.17) is 9.40 Å². The van der Waals surface area contributed by atoms with Gasteiger partial charge < -0.3 is 4.42 Å². The molecular weight excluding hydrogens is 424 g/mol. The fraction of sp³-hybridized carbons (Fsp3) is 0. The van der Waals surface area contributed by atoms with Crippen molar-refractivity contribution < 1.29 is 4.42 Å². The molecule has 0 radical (unpaired) electrons. The third kappa shape index (κ3) is 2.92. The molecule has 2 heterocycles. The van der Waals surface area contributed by atoms with Crippen molar-refractivity contribution in [3.05, 3.63) is 109 Å². The number of para-hydroxylation sites is 1. The summed E-state index contributed by atoms with van der Waals surface area (Å²) in [6.07, 6.45) is 0. The van der Waals surface area contributed by atoms with Gasteiger partial charge in [0.2, 0.25) is 0 Å². The van der Waals surface area contributed by atoms with Crippen LogP contribution in [0.5, 0.6) is 0 Å². The summed E-state index contributed by atoms with van der Waals surface area (Å²) in [5, 5.41) is 4.77. The molecule has 0 aliphatic rings. The minimum Gasteiger partial charge on any atom is -0.423 e. The lowest BCUT2D eigenvalue weighted by atomic mass is 10.1. The highest BCUT2D eigenvalue weighted by Crippen LogP contribution is 2.41. The van der Waals surface area contributed by atoms with E-state index in [2.05, 4.69) is 77.7 Å². The molecular formula is C29H18N2OS. The Balaban J connectivity index is 1.48. The first-order valence-electron chi connectivity index (χ1n) is 10.9. The number of benzene rings is 5. The van der Waals surface area contributed by atoms with Crippen LogP contribution >= 0.6 is 11.3 Å². The van der Waals surface area contributed by atoms with Gasteiger partial charge in [0.05, 0.1) is 11.4 Å². The molecule has 2 aromatic heterocycles. The molecule has 0 saturated carbocycles. The molecule has 0 bridgehead atoms. The third-order valence-corrected chi connectivity index (χ3v) is 7.25. The van der Waals surface area contributed by atoms with Gasteiger partial charge in [0.15, 0.2) is 5.58 Å². The summed E-state index contributed by atoms with van der Waals surface area (Å²) in [7, 11) is 0. The summed E-state index contributed by atoms with van der Waals surface area (Å²) in [6.45, 7) is 0. The van der Waals surface area contributed by atoms with Crippen molar-refractivity contribution in [2.75, 3.05) is 4.90 Å². The van der Waals surface area contributed by atoms with E-state index in [1.165, 1.54) is 20.2 Å². The van der Waals surface area contributed by atoms with Gasteiger partial charge in [0.1, 0.15) is 5.52 Å². The quantitative estimate of drug-likeness (QED) is 0.274. The van der Waals surface area contributed by atoms with Crippen molar-refractivity contribution in [2.45, 2.75) is 0 Å². The first-order valence-corrected chi connectivity index (χ1v) is 11.7. The van der Waals surface area contributed by atoms with E-state index in [0.29, 0.717) is 6.01 Å². The maximum Gasteiger partial charge on any atom is 0.307 e. The SMILES string of the molecule is c1ccc(N(c2ccc3sc4ccccc4c3c2)c2nc3c(ccc4ccccc43)o2)cc1. The first-order chi connectivity index (χ1) is 16.3. The van der Waals surface area contributed by atoms with Crippen LogP contribution in [0.25, 0.3) is 42.0 Å². The van der Waals surface area contributed by atoms with Gasteiger partial charge in [0, 0.05) is 25.6 Å². The van der Waals surface area contributed by atoms with E-state index in [0.717, 1.165) is 33.2 Å². The smallest absolute Gasteiger partial charge is 0.307 e. The summed E-state index contributed by atoms with van der Waals surface area (Å²) in [4.78, 5) is 7.08. The molecule has 0 aliphatic carbocycles. The zero-order chi connectivity index (χ0) is 21.8. The lowest BCUT2D eigenvalue weighted by Crippen LogP contribution is -2.09. The standard InChI is InChI=1S/C29H18N2OS/c1-2-9-20(10-3-1)31(21-15-17-27-24(18-21)23-12-6-7-13-26(23)33-27)29-30-28-22-11-5-4-8-19(22)14-16-25(28)32-29/h1-18H. The van der Waals surface area contributed by atoms with Crippen molar-refractivity contribution in [1.29, 1.82) is 0 Å². The lowest BCUT2D eigenvalue weighted by Gasteiger charge is -2.21. The summed E-state index contributed by atoms with van der Waals surface area (Å²) in [5.74, 6) is 0. The van der Waals surface area contributed by atoms with Crippen molar-refractivity contribution in [2.24, 2.45) is 0 Å². The number of anilines is 3. The highest BCUT2D eigenvalue weighted by molar-refractivity contribution is 7.25. The molecule has 5 aromatic carbocycles. The van der Waals surface area contributed by atoms with Crippen molar-refractivity contribution in [1.82, 2.24) is 4.98 Å². The second kappa shape index (κ2) is 7.19. The number of fused-ring (bicyclic) bond motifs is 6. The monoisotopic (exact) mass is 442 g/mol. The molecule has 0 fully saturated rings. The molecule has 0 unspecified atom stereocenters. The van der Waals surface area contributed by atoms with Gasteiger partial charge in [0.25, 0.3) is 0 Å². The maximum absolute atomic E-state index is 6.35. The van der Waals surface area contributed by atoms with Crippen LogP contribution in [0.4, 0.5) is 17.4 Å². The van der Waals surface area contributed by atoms with Crippen LogP contribution in [0.2, 0.25) is 0 Å². The third-order valence-electron chi connectivity index (χ3n) is 6.10. The van der Waals surface area contributed by atoms with Crippen molar-refractivity contribution >= 4 is 70.8 Å². The Labute approximate surface area is 194 Å². The average Bonchev–Trinajstić information content (AvgIpc) is 3.46. The fourth-order valence-electron chi connectivity index (χ4n) is 4.55. The summed E-state index contributed by atoms with van der Waals surface area (Å²) in [5.41, 5.74) is 3.69. The van der Waals surface area contributed by atoms with E-state index in [1.807, 2.05) is 47.7 Å². The normalized spacial score (nSPS) is 11.6. The number of aromatic nitrogens is 1. The fourth-order valence-corrected chi connectivity index (χ4v) is 5.63. The summed E-state index contributed by atoms with van der Waals surface area (Å²) < 4.78 is 8.92. The predicted octanol–water partition coefficient (Wildman–Crippen LogP) is 8.82. The van der Waals surface area contributed by atoms with Crippen molar-refractivity contribution in [3.8, 4) is 0 Å². The van der Waals surface area contributed by atoms with Crippen LogP contribution in [0.1, 0.15) is 0 Å². The Bertz CT molecular complexity index is 1770. The molecule has 0 amide bonds. The van der Waals surface area contributed by atoms with Gasteiger partial charge in [-0.25, -0.2) is 0 Å². The number of oxazole rings is 1. The van der Waals surface area contributed by atoms with Crippen LogP contribution in [-0.4, -0.2) is 4.98 Å². The molecule has 7 aromatic rings. The minimum atomic E-state index is 0.562. The molecule has 0 N–H and O–H groups in total. The Morgan fingerprint density at radius 1 is 0.606 bits per heavy atom. The highest BCUT2D eigenvalue weighted by atomic mass is 32.1. The molecule has 33 heavy (non-hydrogen) atoms. The van der Waals surface area contributed by atoms with E-state index in [9.17, 15) is 0 Å². The number of hydrogen-bond acceptors (Lipinski definition) is 4. The first kappa shape index (κ1) is 18.4. The highest BCUT2D eigenvalue weighted by Gasteiger charge is 2.20. The second-order valence-corrected chi connectivity index (χ2v) is 9.16. The Morgan fingerprint density at radius 2 is 1.36 bits per heavy atom. The molecule has 0 atom stereocenters. The van der Waals surface area contributed by atoms with E-state index >= 15 is 0 Å². The van der Waals surface area contributed by atoms with Crippen LogP contribution in [0.3, 0.4) is 0 Å². The number of hydrogen-bond donors (Lipinski definition) is 0. The van der Waals surface area contributed by atoms with E-state index < -0.39 is 0 Å². The number of thiophene rings is 1. The van der Waals surface area contributed by atoms with Gasteiger partial charge in [-0.15, -0.1) is 11.3 Å². The van der Waals surface area contributed by atoms with Crippen LogP contribution in [0, 0.1) is 0 Å². The molecule has 4 heteroatoms. The number of nitrogens with zero attached hydrogens (tertiary/aromatic N) is 2. The molecule has 7 rings (SSSR count). The van der Waals surface area contributed by atoms with Crippen LogP contribution in [-0.2, 0) is 0 Å². The topological polar surface area (TPSA) is 29.3 Å². The lowest BCUT2D eigenvalue weighted by molar-refractivity contribution is 0.608. The largest absolute Gasteiger partial charge is 0.423 e.